The summed E-state index contributed by atoms with van der Waals surface area (Å²) >= 11 is 5.05. The van der Waals surface area contributed by atoms with Crippen LogP contribution in [0.25, 0.3) is 0 Å². The maximum Gasteiger partial charge on any atom is 0.0883 e. The molecule has 0 amide bonds. The molecule has 1 nitrogen and oxygen atoms in total. The monoisotopic (exact) mass is 260 g/mol. The maximum absolute atomic E-state index is 9.78. The third-order valence-corrected chi connectivity index (χ3v) is 3.07. The summed E-state index contributed by atoms with van der Waals surface area (Å²) in [5.74, 6) is 0.747. The van der Waals surface area contributed by atoms with Gasteiger partial charge in [0.2, 0.25) is 0 Å². The van der Waals surface area contributed by atoms with Gasteiger partial charge in [-0.2, -0.15) is 11.8 Å². The topological polar surface area (TPSA) is 20.2 Å². The predicted molar refractivity (Wildman–Crippen MR) is 62.2 cm³/mol. The van der Waals surface area contributed by atoms with E-state index in [1.54, 1.807) is 11.8 Å². The van der Waals surface area contributed by atoms with Gasteiger partial charge < -0.3 is 5.11 Å². The molecule has 0 bridgehead atoms. The normalized spacial score (nSPS) is 12.9. The average Bonchev–Trinajstić information content (AvgIpc) is 2.09. The van der Waals surface area contributed by atoms with Crippen molar-refractivity contribution in [1.82, 2.24) is 0 Å². The Labute approximate surface area is 91.7 Å². The molecule has 0 saturated carbocycles. The Morgan fingerprint density at radius 1 is 1.54 bits per heavy atom. The van der Waals surface area contributed by atoms with Crippen molar-refractivity contribution >= 4 is 27.7 Å². The van der Waals surface area contributed by atoms with Crippen LogP contribution in [0.1, 0.15) is 17.2 Å². The van der Waals surface area contributed by atoms with Crippen LogP contribution in [0.4, 0.5) is 0 Å². The minimum Gasteiger partial charge on any atom is -0.388 e. The van der Waals surface area contributed by atoms with E-state index in [1.165, 1.54) is 0 Å². The fourth-order valence-electron chi connectivity index (χ4n) is 1.22. The molecule has 0 radical (unpaired) electrons. The van der Waals surface area contributed by atoms with Crippen LogP contribution in [-0.4, -0.2) is 17.1 Å². The molecule has 0 heterocycles. The second kappa shape index (κ2) is 5.03. The van der Waals surface area contributed by atoms with Gasteiger partial charge in [-0.1, -0.05) is 22.0 Å². The molecular formula is C10H13BrOS. The SMILES string of the molecule is CSCC(O)c1cc(Br)ccc1C. The van der Waals surface area contributed by atoms with Gasteiger partial charge in [0.15, 0.2) is 0 Å². The molecule has 13 heavy (non-hydrogen) atoms. The number of thioether (sulfide) groups is 1. The molecular weight excluding hydrogens is 248 g/mol. The Morgan fingerprint density at radius 2 is 2.23 bits per heavy atom. The summed E-state index contributed by atoms with van der Waals surface area (Å²) in [6.07, 6.45) is 1.64. The minimum absolute atomic E-state index is 0.354. The van der Waals surface area contributed by atoms with Crippen LogP contribution in [0.3, 0.4) is 0 Å². The molecule has 0 aliphatic rings. The largest absolute Gasteiger partial charge is 0.388 e. The quantitative estimate of drug-likeness (QED) is 0.901. The van der Waals surface area contributed by atoms with E-state index in [0.717, 1.165) is 21.4 Å². The molecule has 0 aliphatic heterocycles. The average molecular weight is 261 g/mol. The third kappa shape index (κ3) is 3.01. The van der Waals surface area contributed by atoms with Gasteiger partial charge in [0.05, 0.1) is 6.10 Å². The molecule has 1 N–H and O–H groups in total. The molecule has 0 aliphatic carbocycles. The summed E-state index contributed by atoms with van der Waals surface area (Å²) in [6, 6.07) is 5.99. The van der Waals surface area contributed by atoms with Crippen LogP contribution in [-0.2, 0) is 0 Å². The standard InChI is InChI=1S/C10H13BrOS/c1-7-3-4-8(11)5-9(7)10(12)6-13-2/h3-5,10,12H,6H2,1-2H3. The molecule has 0 aromatic heterocycles. The Hall–Kier alpha value is 0.01000. The lowest BCUT2D eigenvalue weighted by Crippen LogP contribution is -2.02. The van der Waals surface area contributed by atoms with Crippen molar-refractivity contribution in [3.8, 4) is 0 Å². The smallest absolute Gasteiger partial charge is 0.0883 e. The fraction of sp³-hybridized carbons (Fsp3) is 0.400. The molecule has 0 spiro atoms. The summed E-state index contributed by atoms with van der Waals surface area (Å²) in [6.45, 7) is 2.02. The maximum atomic E-state index is 9.78. The van der Waals surface area contributed by atoms with E-state index in [-0.39, 0.29) is 6.10 Å². The number of aryl methyl sites for hydroxylation is 1. The zero-order valence-corrected chi connectivity index (χ0v) is 10.2. The zero-order chi connectivity index (χ0) is 9.84. The molecule has 0 fully saturated rings. The van der Waals surface area contributed by atoms with Gasteiger partial charge in [0, 0.05) is 10.2 Å². The third-order valence-electron chi connectivity index (χ3n) is 1.92. The number of aliphatic hydroxyl groups is 1. The summed E-state index contributed by atoms with van der Waals surface area (Å²) in [7, 11) is 0. The van der Waals surface area contributed by atoms with Crippen molar-refractivity contribution < 1.29 is 5.11 Å². The predicted octanol–water partition coefficient (Wildman–Crippen LogP) is 3.15. The molecule has 72 valence electrons. The van der Waals surface area contributed by atoms with Gasteiger partial charge in [-0.05, 0) is 36.4 Å². The number of aliphatic hydroxyl groups excluding tert-OH is 1. The van der Waals surface area contributed by atoms with Gasteiger partial charge in [-0.3, -0.25) is 0 Å². The number of rotatable bonds is 3. The first-order valence-electron chi connectivity index (χ1n) is 4.08. The van der Waals surface area contributed by atoms with Crippen LogP contribution < -0.4 is 0 Å². The molecule has 3 heteroatoms. The second-order valence-corrected chi connectivity index (χ2v) is 4.80. The van der Waals surface area contributed by atoms with E-state index in [2.05, 4.69) is 15.9 Å². The number of halogens is 1. The summed E-state index contributed by atoms with van der Waals surface area (Å²) in [4.78, 5) is 0. The molecule has 1 rings (SSSR count). The molecule has 0 saturated heterocycles. The minimum atomic E-state index is -0.354. The van der Waals surface area contributed by atoms with Crippen molar-refractivity contribution in [2.45, 2.75) is 13.0 Å². The Balaban J connectivity index is 2.91. The van der Waals surface area contributed by atoms with Crippen molar-refractivity contribution in [2.75, 3.05) is 12.0 Å². The summed E-state index contributed by atoms with van der Waals surface area (Å²) in [5.41, 5.74) is 2.16. The van der Waals surface area contributed by atoms with Gasteiger partial charge in [-0.15, -0.1) is 0 Å². The first-order chi connectivity index (χ1) is 6.15. The van der Waals surface area contributed by atoms with Crippen molar-refractivity contribution in [2.24, 2.45) is 0 Å². The van der Waals surface area contributed by atoms with E-state index < -0.39 is 0 Å². The van der Waals surface area contributed by atoms with Crippen LogP contribution in [0.2, 0.25) is 0 Å². The van der Waals surface area contributed by atoms with E-state index in [9.17, 15) is 5.11 Å². The molecule has 1 aromatic rings. The van der Waals surface area contributed by atoms with Gasteiger partial charge in [0.25, 0.3) is 0 Å². The van der Waals surface area contributed by atoms with Crippen molar-refractivity contribution in [3.63, 3.8) is 0 Å². The fourth-order valence-corrected chi connectivity index (χ4v) is 2.09. The van der Waals surface area contributed by atoms with Crippen molar-refractivity contribution in [3.05, 3.63) is 33.8 Å². The molecule has 1 aromatic carbocycles. The van der Waals surface area contributed by atoms with E-state index in [0.29, 0.717) is 0 Å². The highest BCUT2D eigenvalue weighted by Gasteiger charge is 2.09. The first-order valence-corrected chi connectivity index (χ1v) is 6.27. The van der Waals surface area contributed by atoms with E-state index in [1.807, 2.05) is 31.4 Å². The highest BCUT2D eigenvalue weighted by molar-refractivity contribution is 9.10. The number of hydrogen-bond acceptors (Lipinski definition) is 2. The zero-order valence-electron chi connectivity index (χ0n) is 7.75. The number of benzene rings is 1. The lowest BCUT2D eigenvalue weighted by Gasteiger charge is -2.12. The van der Waals surface area contributed by atoms with Crippen LogP contribution in [0.5, 0.6) is 0 Å². The Morgan fingerprint density at radius 3 is 2.85 bits per heavy atom. The summed E-state index contributed by atoms with van der Waals surface area (Å²) < 4.78 is 1.02. The van der Waals surface area contributed by atoms with E-state index in [4.69, 9.17) is 0 Å². The van der Waals surface area contributed by atoms with Crippen molar-refractivity contribution in [1.29, 1.82) is 0 Å². The highest BCUT2D eigenvalue weighted by atomic mass is 79.9. The van der Waals surface area contributed by atoms with Gasteiger partial charge >= 0.3 is 0 Å². The summed E-state index contributed by atoms with van der Waals surface area (Å²) in [5, 5.41) is 9.78. The second-order valence-electron chi connectivity index (χ2n) is 2.97. The first kappa shape index (κ1) is 11.1. The van der Waals surface area contributed by atoms with E-state index >= 15 is 0 Å². The Bertz CT molecular complexity index is 288. The Kier molecular flexibility index (Phi) is 4.29. The van der Waals surface area contributed by atoms with Crippen LogP contribution >= 0.6 is 27.7 Å². The molecule has 1 unspecified atom stereocenters. The lowest BCUT2D eigenvalue weighted by atomic mass is 10.1. The number of hydrogen-bond donors (Lipinski definition) is 1. The van der Waals surface area contributed by atoms with Crippen LogP contribution in [0.15, 0.2) is 22.7 Å². The van der Waals surface area contributed by atoms with Crippen LogP contribution in [0, 0.1) is 6.92 Å². The molecule has 1 atom stereocenters. The lowest BCUT2D eigenvalue weighted by molar-refractivity contribution is 0.203. The highest BCUT2D eigenvalue weighted by Crippen LogP contribution is 2.24. The van der Waals surface area contributed by atoms with Gasteiger partial charge in [0.1, 0.15) is 0 Å². The van der Waals surface area contributed by atoms with Gasteiger partial charge in [-0.25, -0.2) is 0 Å².